The summed E-state index contributed by atoms with van der Waals surface area (Å²) in [6.07, 6.45) is 1.46. The predicted molar refractivity (Wildman–Crippen MR) is 92.5 cm³/mol. The molecule has 0 radical (unpaired) electrons. The Morgan fingerprint density at radius 1 is 1.12 bits per heavy atom. The molecule has 0 N–H and O–H groups in total. The summed E-state index contributed by atoms with van der Waals surface area (Å²) >= 11 is 0. The van der Waals surface area contributed by atoms with Crippen molar-refractivity contribution < 1.29 is 22.3 Å². The number of halogens is 1. The Balaban J connectivity index is 1.82. The summed E-state index contributed by atoms with van der Waals surface area (Å²) in [6.45, 7) is -0.258. The number of para-hydroxylation sites is 1. The average molecular weight is 361 g/mol. The molecule has 0 bridgehead atoms. The second-order valence-corrected chi connectivity index (χ2v) is 7.50. The Labute approximate surface area is 145 Å². The van der Waals surface area contributed by atoms with Crippen molar-refractivity contribution in [1.29, 1.82) is 0 Å². The van der Waals surface area contributed by atoms with Crippen molar-refractivity contribution in [3.8, 4) is 5.75 Å². The van der Waals surface area contributed by atoms with Crippen LogP contribution in [0.15, 0.2) is 66.1 Å². The maximum Gasteiger partial charge on any atom is 0.265 e. The number of benzene rings is 2. The molecule has 7 heteroatoms. The minimum Gasteiger partial charge on any atom is -0.484 e. The van der Waals surface area contributed by atoms with Gasteiger partial charge in [0.25, 0.3) is 5.91 Å². The molecule has 0 saturated heterocycles. The number of hydrogen-bond acceptors (Lipinski definition) is 4. The van der Waals surface area contributed by atoms with E-state index >= 15 is 0 Å². The second-order valence-electron chi connectivity index (χ2n) is 5.57. The highest BCUT2D eigenvalue weighted by molar-refractivity contribution is 7.94. The highest BCUT2D eigenvalue weighted by atomic mass is 32.2. The van der Waals surface area contributed by atoms with Gasteiger partial charge in [0.1, 0.15) is 11.6 Å². The van der Waals surface area contributed by atoms with Crippen LogP contribution in [-0.4, -0.2) is 32.7 Å². The number of rotatable bonds is 5. The molecule has 1 atom stereocenters. The maximum absolute atomic E-state index is 13.2. The van der Waals surface area contributed by atoms with E-state index in [1.165, 1.54) is 35.2 Å². The van der Waals surface area contributed by atoms with Crippen LogP contribution >= 0.6 is 0 Å². The van der Waals surface area contributed by atoms with E-state index in [2.05, 4.69) is 0 Å². The van der Waals surface area contributed by atoms with Crippen LogP contribution in [0.25, 0.3) is 0 Å². The number of anilines is 1. The molecular formula is C18H16FNO4S. The summed E-state index contributed by atoms with van der Waals surface area (Å²) < 4.78 is 42.1. The van der Waals surface area contributed by atoms with E-state index in [4.69, 9.17) is 4.74 Å². The lowest BCUT2D eigenvalue weighted by atomic mass is 10.2. The molecule has 2 aromatic rings. The molecule has 3 rings (SSSR count). The molecule has 0 aromatic heterocycles. The first-order valence-corrected chi connectivity index (χ1v) is 9.32. The Morgan fingerprint density at radius 3 is 2.40 bits per heavy atom. The van der Waals surface area contributed by atoms with E-state index in [0.717, 1.165) is 5.41 Å². The van der Waals surface area contributed by atoms with Gasteiger partial charge in [-0.25, -0.2) is 12.8 Å². The number of hydrogen-bond donors (Lipinski definition) is 0. The second kappa shape index (κ2) is 7.06. The van der Waals surface area contributed by atoms with E-state index < -0.39 is 27.6 Å². The van der Waals surface area contributed by atoms with Crippen LogP contribution in [0.2, 0.25) is 0 Å². The van der Waals surface area contributed by atoms with Gasteiger partial charge in [-0.1, -0.05) is 18.2 Å². The molecule has 1 aliphatic rings. The fraction of sp³-hybridized carbons (Fsp3) is 0.167. The first-order chi connectivity index (χ1) is 11.9. The summed E-state index contributed by atoms with van der Waals surface area (Å²) in [6, 6.07) is 13.5. The number of carbonyl (C=O) groups is 1. The van der Waals surface area contributed by atoms with Crippen molar-refractivity contribution in [3.63, 3.8) is 0 Å². The van der Waals surface area contributed by atoms with Crippen molar-refractivity contribution in [3.05, 3.63) is 71.9 Å². The first-order valence-electron chi connectivity index (χ1n) is 7.61. The molecule has 0 saturated carbocycles. The van der Waals surface area contributed by atoms with Gasteiger partial charge in [-0.15, -0.1) is 0 Å². The molecule has 2 aromatic carbocycles. The number of amides is 1. The number of nitrogens with zero attached hydrogens (tertiary/aromatic N) is 1. The lowest BCUT2D eigenvalue weighted by molar-refractivity contribution is -0.120. The lowest BCUT2D eigenvalue weighted by Gasteiger charge is -2.27. The van der Waals surface area contributed by atoms with Gasteiger partial charge < -0.3 is 9.64 Å². The lowest BCUT2D eigenvalue weighted by Crippen LogP contribution is -2.43. The maximum atomic E-state index is 13.2. The Bertz CT molecular complexity index is 879. The van der Waals surface area contributed by atoms with Crippen LogP contribution in [0.3, 0.4) is 0 Å². The standard InChI is InChI=1S/C18H16FNO4S/c19-14-6-8-15(9-7-14)20(16-10-11-25(22,23)13-16)18(21)12-24-17-4-2-1-3-5-17/h1-11,16H,12-13H2/t16-/m0/s1. The quantitative estimate of drug-likeness (QED) is 0.821. The summed E-state index contributed by atoms with van der Waals surface area (Å²) in [7, 11) is -3.35. The minimum atomic E-state index is -3.35. The monoisotopic (exact) mass is 361 g/mol. The van der Waals surface area contributed by atoms with Gasteiger partial charge in [-0.3, -0.25) is 4.79 Å². The van der Waals surface area contributed by atoms with Crippen molar-refractivity contribution in [2.24, 2.45) is 0 Å². The number of sulfone groups is 1. The van der Waals surface area contributed by atoms with Crippen molar-refractivity contribution in [2.45, 2.75) is 6.04 Å². The van der Waals surface area contributed by atoms with E-state index in [0.29, 0.717) is 11.4 Å². The van der Waals surface area contributed by atoms with Gasteiger partial charge in [-0.2, -0.15) is 0 Å². The number of carbonyl (C=O) groups excluding carboxylic acids is 1. The molecule has 25 heavy (non-hydrogen) atoms. The fourth-order valence-electron chi connectivity index (χ4n) is 2.57. The van der Waals surface area contributed by atoms with Gasteiger partial charge in [0.15, 0.2) is 16.4 Å². The topological polar surface area (TPSA) is 63.7 Å². The summed E-state index contributed by atoms with van der Waals surface area (Å²) in [4.78, 5) is 14.0. The predicted octanol–water partition coefficient (Wildman–Crippen LogP) is 2.55. The zero-order valence-corrected chi connectivity index (χ0v) is 14.0. The summed E-state index contributed by atoms with van der Waals surface area (Å²) in [5.41, 5.74) is 0.412. The highest BCUT2D eigenvalue weighted by Gasteiger charge is 2.31. The van der Waals surface area contributed by atoms with Gasteiger partial charge in [0.05, 0.1) is 11.8 Å². The Hall–Kier alpha value is -2.67. The SMILES string of the molecule is O=C(COc1ccccc1)N(c1ccc(F)cc1)[C@H]1C=CS(=O)(=O)C1. The number of ether oxygens (including phenoxy) is 1. The highest BCUT2D eigenvalue weighted by Crippen LogP contribution is 2.23. The summed E-state index contributed by atoms with van der Waals surface area (Å²) in [5, 5.41) is 1.10. The smallest absolute Gasteiger partial charge is 0.265 e. The molecule has 0 fully saturated rings. The van der Waals surface area contributed by atoms with Crippen molar-refractivity contribution in [2.75, 3.05) is 17.3 Å². The molecule has 0 unspecified atom stereocenters. The first kappa shape index (κ1) is 17.2. The van der Waals surface area contributed by atoms with Crippen LogP contribution < -0.4 is 9.64 Å². The van der Waals surface area contributed by atoms with E-state index in [1.807, 2.05) is 6.07 Å². The Morgan fingerprint density at radius 2 is 1.80 bits per heavy atom. The normalized spacial score (nSPS) is 18.0. The van der Waals surface area contributed by atoms with E-state index in [-0.39, 0.29) is 12.4 Å². The molecule has 0 spiro atoms. The van der Waals surface area contributed by atoms with E-state index in [1.54, 1.807) is 24.3 Å². The van der Waals surface area contributed by atoms with Crippen molar-refractivity contribution in [1.82, 2.24) is 0 Å². The molecule has 1 aliphatic heterocycles. The molecule has 1 heterocycles. The third kappa shape index (κ3) is 4.24. The molecule has 1 amide bonds. The molecule has 5 nitrogen and oxygen atoms in total. The van der Waals surface area contributed by atoms with Gasteiger partial charge in [-0.05, 0) is 42.5 Å². The molecule has 0 aliphatic carbocycles. The van der Waals surface area contributed by atoms with Crippen molar-refractivity contribution >= 4 is 21.4 Å². The third-order valence-electron chi connectivity index (χ3n) is 3.72. The van der Waals surface area contributed by atoms with Crippen LogP contribution in [0.4, 0.5) is 10.1 Å². The third-order valence-corrected chi connectivity index (χ3v) is 5.10. The van der Waals surface area contributed by atoms with Crippen LogP contribution in [0, 0.1) is 5.82 Å². The van der Waals surface area contributed by atoms with Crippen LogP contribution in [0.5, 0.6) is 5.75 Å². The van der Waals surface area contributed by atoms with Gasteiger partial charge >= 0.3 is 0 Å². The van der Waals surface area contributed by atoms with E-state index in [9.17, 15) is 17.6 Å². The Kier molecular flexibility index (Phi) is 4.85. The molecule has 130 valence electrons. The summed E-state index contributed by atoms with van der Waals surface area (Å²) in [5.74, 6) is -0.528. The minimum absolute atomic E-state index is 0.207. The van der Waals surface area contributed by atoms with Gasteiger partial charge in [0, 0.05) is 11.1 Å². The largest absolute Gasteiger partial charge is 0.484 e. The average Bonchev–Trinajstić information content (AvgIpc) is 2.95. The van der Waals surface area contributed by atoms with Crippen LogP contribution in [0.1, 0.15) is 0 Å². The van der Waals surface area contributed by atoms with Gasteiger partial charge in [0.2, 0.25) is 0 Å². The molecular weight excluding hydrogens is 345 g/mol. The van der Waals surface area contributed by atoms with Crippen LogP contribution in [-0.2, 0) is 14.6 Å². The zero-order valence-electron chi connectivity index (χ0n) is 13.2. The fourth-order valence-corrected chi connectivity index (χ4v) is 3.84. The zero-order chi connectivity index (χ0) is 17.9.